The van der Waals surface area contributed by atoms with Gasteiger partial charge in [-0.3, -0.25) is 9.59 Å². The number of anilines is 1. The normalized spacial score (nSPS) is 15.8. The number of nitrogens with two attached hydrogens (primary N) is 1. The summed E-state index contributed by atoms with van der Waals surface area (Å²) in [5.41, 5.74) is 8.12. The number of nitrogen functional groups attached to an aromatic ring is 1. The number of likely N-dealkylation sites (tertiary alicyclic amines) is 1. The lowest BCUT2D eigenvalue weighted by Crippen LogP contribution is -2.49. The highest BCUT2D eigenvalue weighted by Crippen LogP contribution is 2.25. The molecular formula is C20H27ClN6O2S. The van der Waals surface area contributed by atoms with Crippen molar-refractivity contribution in [1.29, 1.82) is 0 Å². The molecule has 0 spiro atoms. The lowest BCUT2D eigenvalue weighted by Gasteiger charge is -2.33. The first kappa shape index (κ1) is 22.4. The summed E-state index contributed by atoms with van der Waals surface area (Å²) < 4.78 is 0. The van der Waals surface area contributed by atoms with Crippen LogP contribution >= 0.6 is 22.9 Å². The highest BCUT2D eigenvalue weighted by Gasteiger charge is 2.27. The van der Waals surface area contributed by atoms with Gasteiger partial charge in [0.15, 0.2) is 0 Å². The Bertz CT molecular complexity index is 903. The fourth-order valence-electron chi connectivity index (χ4n) is 3.76. The van der Waals surface area contributed by atoms with E-state index in [-0.39, 0.29) is 17.1 Å². The zero-order chi connectivity index (χ0) is 21.8. The van der Waals surface area contributed by atoms with Crippen molar-refractivity contribution in [2.75, 3.05) is 18.8 Å². The number of thiazole rings is 1. The molecule has 0 aromatic carbocycles. The molecule has 0 aliphatic carbocycles. The number of hydrogen-bond acceptors (Lipinski definition) is 7. The molecule has 0 unspecified atom stereocenters. The smallest absolute Gasteiger partial charge is 0.271 e. The van der Waals surface area contributed by atoms with E-state index in [4.69, 9.17) is 17.3 Å². The van der Waals surface area contributed by atoms with Gasteiger partial charge in [0.25, 0.3) is 5.91 Å². The third-order valence-electron chi connectivity index (χ3n) is 5.52. The van der Waals surface area contributed by atoms with Crippen LogP contribution in [0.15, 0.2) is 5.38 Å². The molecule has 3 heterocycles. The minimum atomic E-state index is -0.579. The molecule has 8 nitrogen and oxygen atoms in total. The Kier molecular flexibility index (Phi) is 7.25. The Morgan fingerprint density at radius 1 is 1.30 bits per heavy atom. The molecule has 2 aromatic rings. The molecule has 1 atom stereocenters. The van der Waals surface area contributed by atoms with Crippen molar-refractivity contribution in [1.82, 2.24) is 25.2 Å². The van der Waals surface area contributed by atoms with Gasteiger partial charge in [0.05, 0.1) is 5.01 Å². The van der Waals surface area contributed by atoms with Crippen molar-refractivity contribution in [2.45, 2.75) is 52.5 Å². The van der Waals surface area contributed by atoms with E-state index >= 15 is 0 Å². The minimum absolute atomic E-state index is 0.0556. The van der Waals surface area contributed by atoms with Crippen LogP contribution in [-0.4, -0.2) is 50.8 Å². The summed E-state index contributed by atoms with van der Waals surface area (Å²) in [6.45, 7) is 6.83. The number of aromatic nitrogens is 3. The number of piperidine rings is 1. The van der Waals surface area contributed by atoms with Crippen LogP contribution in [0, 0.1) is 19.8 Å². The fourth-order valence-corrected chi connectivity index (χ4v) is 4.57. The molecule has 1 aliphatic heterocycles. The van der Waals surface area contributed by atoms with E-state index < -0.39 is 6.04 Å². The molecular weight excluding hydrogens is 424 g/mol. The lowest BCUT2D eigenvalue weighted by atomic mass is 9.90. The van der Waals surface area contributed by atoms with E-state index in [0.717, 1.165) is 41.9 Å². The van der Waals surface area contributed by atoms with E-state index in [9.17, 15) is 9.59 Å². The molecule has 0 saturated carbocycles. The van der Waals surface area contributed by atoms with E-state index in [2.05, 4.69) is 20.3 Å². The number of rotatable bonds is 6. The zero-order valence-electron chi connectivity index (χ0n) is 17.4. The van der Waals surface area contributed by atoms with Crippen LogP contribution in [0.1, 0.15) is 52.9 Å². The maximum atomic E-state index is 12.7. The number of nitrogens with one attached hydrogen (secondary N) is 1. The summed E-state index contributed by atoms with van der Waals surface area (Å²) in [5.74, 6) is 0.583. The second-order valence-corrected chi connectivity index (χ2v) is 9.10. The quantitative estimate of drug-likeness (QED) is 0.654. The minimum Gasteiger partial charge on any atom is -0.383 e. The van der Waals surface area contributed by atoms with Gasteiger partial charge < -0.3 is 16.0 Å². The van der Waals surface area contributed by atoms with Gasteiger partial charge in [0, 0.05) is 29.7 Å². The fraction of sp³-hybridized carbons (Fsp3) is 0.550. The largest absolute Gasteiger partial charge is 0.383 e. The Hall–Kier alpha value is -2.26. The molecule has 2 amide bonds. The first-order valence-corrected chi connectivity index (χ1v) is 11.3. The van der Waals surface area contributed by atoms with E-state index in [1.165, 1.54) is 11.3 Å². The van der Waals surface area contributed by atoms with Crippen LogP contribution in [0.25, 0.3) is 0 Å². The highest BCUT2D eigenvalue weighted by atomic mass is 35.5. The Morgan fingerprint density at radius 2 is 2.00 bits per heavy atom. The van der Waals surface area contributed by atoms with Gasteiger partial charge in [0.1, 0.15) is 17.6 Å². The highest BCUT2D eigenvalue weighted by molar-refractivity contribution is 7.09. The third kappa shape index (κ3) is 5.46. The summed E-state index contributed by atoms with van der Waals surface area (Å²) in [7, 11) is 0. The van der Waals surface area contributed by atoms with Crippen LogP contribution in [0.5, 0.6) is 0 Å². The SMILES string of the molecule is Cc1nc(C(=O)N[C@@H](C)C(=O)N2CCC(CCc3c(C)nc(Cl)nc3N)CC2)cs1. The van der Waals surface area contributed by atoms with Crippen molar-refractivity contribution < 1.29 is 9.59 Å². The van der Waals surface area contributed by atoms with E-state index in [1.807, 2.05) is 18.7 Å². The summed E-state index contributed by atoms with van der Waals surface area (Å²) in [6.07, 6.45) is 3.61. The van der Waals surface area contributed by atoms with Crippen LogP contribution in [-0.2, 0) is 11.2 Å². The molecule has 3 rings (SSSR count). The van der Waals surface area contributed by atoms with Gasteiger partial charge in [0.2, 0.25) is 11.2 Å². The van der Waals surface area contributed by atoms with Crippen LogP contribution in [0.4, 0.5) is 5.82 Å². The number of aryl methyl sites for hydroxylation is 2. The molecule has 0 bridgehead atoms. The average molecular weight is 451 g/mol. The van der Waals surface area contributed by atoms with Gasteiger partial charge in [-0.1, -0.05) is 0 Å². The van der Waals surface area contributed by atoms with Crippen molar-refractivity contribution in [3.05, 3.63) is 32.6 Å². The molecule has 30 heavy (non-hydrogen) atoms. The van der Waals surface area contributed by atoms with Gasteiger partial charge in [-0.05, 0) is 64.0 Å². The summed E-state index contributed by atoms with van der Waals surface area (Å²) in [4.78, 5) is 39.2. The average Bonchev–Trinajstić information content (AvgIpc) is 3.13. The second kappa shape index (κ2) is 9.70. The van der Waals surface area contributed by atoms with Crippen LogP contribution in [0.3, 0.4) is 0 Å². The molecule has 1 fully saturated rings. The Labute approximate surface area is 185 Å². The molecule has 3 N–H and O–H groups in total. The monoisotopic (exact) mass is 450 g/mol. The Balaban J connectivity index is 1.46. The van der Waals surface area contributed by atoms with Crippen LogP contribution < -0.4 is 11.1 Å². The number of hydrogen-bond donors (Lipinski definition) is 2. The third-order valence-corrected chi connectivity index (χ3v) is 6.46. The lowest BCUT2D eigenvalue weighted by molar-refractivity contribution is -0.134. The summed E-state index contributed by atoms with van der Waals surface area (Å²) in [6, 6.07) is -0.579. The van der Waals surface area contributed by atoms with Gasteiger partial charge in [-0.15, -0.1) is 11.3 Å². The Morgan fingerprint density at radius 3 is 2.60 bits per heavy atom. The summed E-state index contributed by atoms with van der Waals surface area (Å²) >= 11 is 7.25. The van der Waals surface area contributed by atoms with Gasteiger partial charge in [-0.25, -0.2) is 15.0 Å². The predicted molar refractivity (Wildman–Crippen MR) is 118 cm³/mol. The van der Waals surface area contributed by atoms with E-state index in [0.29, 0.717) is 30.5 Å². The molecule has 1 saturated heterocycles. The van der Waals surface area contributed by atoms with Crippen molar-refractivity contribution in [3.63, 3.8) is 0 Å². The second-order valence-electron chi connectivity index (χ2n) is 7.70. The zero-order valence-corrected chi connectivity index (χ0v) is 19.0. The summed E-state index contributed by atoms with van der Waals surface area (Å²) in [5, 5.41) is 5.45. The number of amides is 2. The maximum Gasteiger partial charge on any atom is 0.271 e. The first-order valence-electron chi connectivity index (χ1n) is 10.0. The molecule has 0 radical (unpaired) electrons. The van der Waals surface area contributed by atoms with Crippen LogP contribution in [0.2, 0.25) is 5.28 Å². The van der Waals surface area contributed by atoms with Crippen molar-refractivity contribution in [2.24, 2.45) is 5.92 Å². The molecule has 10 heteroatoms. The number of carbonyl (C=O) groups excluding carboxylic acids is 2. The predicted octanol–water partition coefficient (Wildman–Crippen LogP) is 2.78. The van der Waals surface area contributed by atoms with Gasteiger partial charge >= 0.3 is 0 Å². The first-order chi connectivity index (χ1) is 14.2. The van der Waals surface area contributed by atoms with E-state index in [1.54, 1.807) is 12.3 Å². The number of halogens is 1. The standard InChI is InChI=1S/C20H27ClN6O2S/c1-11-15(17(22)26-20(21)24-11)5-4-14-6-8-27(9-7-14)19(29)12(2)23-18(28)16-10-30-13(3)25-16/h10,12,14H,4-9H2,1-3H3,(H,23,28)(H2,22,24,26)/t12-/m0/s1. The number of carbonyl (C=O) groups is 2. The topological polar surface area (TPSA) is 114 Å². The number of nitrogens with zero attached hydrogens (tertiary/aromatic N) is 4. The molecule has 2 aromatic heterocycles. The molecule has 162 valence electrons. The van der Waals surface area contributed by atoms with Gasteiger partial charge in [-0.2, -0.15) is 0 Å². The van der Waals surface area contributed by atoms with Crippen molar-refractivity contribution >= 4 is 40.6 Å². The van der Waals surface area contributed by atoms with Crippen molar-refractivity contribution in [3.8, 4) is 0 Å². The molecule has 1 aliphatic rings. The maximum absolute atomic E-state index is 12.7.